The first kappa shape index (κ1) is 14.6. The van der Waals surface area contributed by atoms with Crippen molar-refractivity contribution in [1.82, 2.24) is 0 Å². The first-order valence-corrected chi connectivity index (χ1v) is 7.98. The summed E-state index contributed by atoms with van der Waals surface area (Å²) in [5, 5.41) is 0. The molecule has 0 aromatic carbocycles. The van der Waals surface area contributed by atoms with E-state index in [1.54, 1.807) is 0 Å². The van der Waals surface area contributed by atoms with Gasteiger partial charge in [-0.05, 0) is 51.9 Å². The van der Waals surface area contributed by atoms with Crippen LogP contribution in [0.3, 0.4) is 0 Å². The third kappa shape index (κ3) is 4.37. The van der Waals surface area contributed by atoms with Crippen LogP contribution in [0.1, 0.15) is 72.1 Å². The lowest BCUT2D eigenvalue weighted by Gasteiger charge is -2.38. The molecule has 0 heterocycles. The molecule has 0 aliphatic heterocycles. The number of hydrogen-bond donors (Lipinski definition) is 0. The zero-order valence-electron chi connectivity index (χ0n) is 12.8. The molecule has 0 radical (unpaired) electrons. The minimum atomic E-state index is 0.0152. The summed E-state index contributed by atoms with van der Waals surface area (Å²) in [6.45, 7) is 6.28. The van der Waals surface area contributed by atoms with Crippen LogP contribution in [0.25, 0.3) is 0 Å². The molecule has 0 aromatic rings. The molecule has 0 saturated heterocycles. The minimum Gasteiger partial charge on any atom is -0.298 e. The van der Waals surface area contributed by atoms with Crippen molar-refractivity contribution in [3.05, 3.63) is 0 Å². The maximum absolute atomic E-state index is 12.3. The van der Waals surface area contributed by atoms with E-state index in [0.717, 1.165) is 24.7 Å². The van der Waals surface area contributed by atoms with E-state index in [9.17, 15) is 4.79 Å². The Bertz CT molecular complexity index is 377. The van der Waals surface area contributed by atoms with Crippen LogP contribution in [0.4, 0.5) is 0 Å². The van der Waals surface area contributed by atoms with Crippen LogP contribution in [0.5, 0.6) is 0 Å². The van der Waals surface area contributed by atoms with Crippen molar-refractivity contribution in [3.8, 4) is 11.8 Å². The lowest BCUT2D eigenvalue weighted by Crippen LogP contribution is -2.31. The highest BCUT2D eigenvalue weighted by Gasteiger charge is 2.34. The Morgan fingerprint density at radius 3 is 2.42 bits per heavy atom. The van der Waals surface area contributed by atoms with Crippen LogP contribution in [-0.4, -0.2) is 5.78 Å². The average Bonchev–Trinajstić information content (AvgIpc) is 2.36. The maximum Gasteiger partial charge on any atom is 0.147 e. The summed E-state index contributed by atoms with van der Waals surface area (Å²) >= 11 is 0. The van der Waals surface area contributed by atoms with E-state index in [1.165, 1.54) is 32.1 Å². The van der Waals surface area contributed by atoms with E-state index < -0.39 is 0 Å². The molecule has 2 rings (SSSR count). The maximum atomic E-state index is 12.3. The number of Topliss-reactive ketones (excluding diaryl/α,β-unsaturated/α-hetero) is 1. The van der Waals surface area contributed by atoms with Gasteiger partial charge in [-0.1, -0.05) is 37.5 Å². The molecule has 2 aliphatic rings. The van der Waals surface area contributed by atoms with Crippen LogP contribution in [0.15, 0.2) is 0 Å². The van der Waals surface area contributed by atoms with Crippen molar-refractivity contribution in [2.45, 2.75) is 72.1 Å². The van der Waals surface area contributed by atoms with Gasteiger partial charge in [-0.25, -0.2) is 0 Å². The van der Waals surface area contributed by atoms with E-state index in [2.05, 4.69) is 32.6 Å². The number of carbonyl (C=O) groups is 1. The second-order valence-electron chi connectivity index (χ2n) is 7.51. The van der Waals surface area contributed by atoms with Gasteiger partial charge < -0.3 is 0 Å². The number of carbonyl (C=O) groups excluding carboxylic acids is 1. The molecule has 1 heteroatoms. The molecule has 0 amide bonds. The Morgan fingerprint density at radius 1 is 1.05 bits per heavy atom. The Kier molecular flexibility index (Phi) is 4.71. The van der Waals surface area contributed by atoms with Crippen molar-refractivity contribution in [3.63, 3.8) is 0 Å². The topological polar surface area (TPSA) is 17.1 Å². The van der Waals surface area contributed by atoms with Gasteiger partial charge in [0.25, 0.3) is 0 Å². The quantitative estimate of drug-likeness (QED) is 0.663. The van der Waals surface area contributed by atoms with Gasteiger partial charge in [0.1, 0.15) is 5.78 Å². The van der Waals surface area contributed by atoms with Gasteiger partial charge in [0.15, 0.2) is 0 Å². The Hall–Kier alpha value is -0.770. The minimum absolute atomic E-state index is 0.0152. The molecule has 2 saturated carbocycles. The second-order valence-corrected chi connectivity index (χ2v) is 7.51. The summed E-state index contributed by atoms with van der Waals surface area (Å²) in [6, 6.07) is 0. The summed E-state index contributed by atoms with van der Waals surface area (Å²) in [5.74, 6) is 8.76. The van der Waals surface area contributed by atoms with Crippen LogP contribution >= 0.6 is 0 Å². The zero-order chi connectivity index (χ0) is 13.9. The predicted octanol–water partition coefficient (Wildman–Crippen LogP) is 4.60. The van der Waals surface area contributed by atoms with Gasteiger partial charge in [0, 0.05) is 11.3 Å². The van der Waals surface area contributed by atoms with E-state index in [0.29, 0.717) is 18.1 Å². The summed E-state index contributed by atoms with van der Waals surface area (Å²) in [4.78, 5) is 12.3. The fraction of sp³-hybridized carbons (Fsp3) is 0.833. The highest BCUT2D eigenvalue weighted by Crippen LogP contribution is 2.43. The Morgan fingerprint density at radius 2 is 1.74 bits per heavy atom. The van der Waals surface area contributed by atoms with E-state index in [4.69, 9.17) is 0 Å². The highest BCUT2D eigenvalue weighted by molar-refractivity contribution is 5.83. The third-order valence-corrected chi connectivity index (χ3v) is 4.72. The lowest BCUT2D eigenvalue weighted by molar-refractivity contribution is -0.124. The van der Waals surface area contributed by atoms with Crippen LogP contribution in [0.2, 0.25) is 0 Å². The molecular formula is C18H28O. The fourth-order valence-corrected chi connectivity index (χ4v) is 3.71. The molecular weight excluding hydrogens is 232 g/mol. The molecule has 0 N–H and O–H groups in total. The predicted molar refractivity (Wildman–Crippen MR) is 79.6 cm³/mol. The van der Waals surface area contributed by atoms with Crippen molar-refractivity contribution in [2.24, 2.45) is 23.2 Å². The monoisotopic (exact) mass is 260 g/mol. The molecule has 0 spiro atoms. The largest absolute Gasteiger partial charge is 0.298 e. The smallest absolute Gasteiger partial charge is 0.147 e. The number of ketones is 1. The van der Waals surface area contributed by atoms with Gasteiger partial charge in [-0.2, -0.15) is 0 Å². The molecule has 3 unspecified atom stereocenters. The standard InChI is InChI=1S/C18H28O/c1-18(2,3)12-6-9-17(19)16-11-10-14-7-4-5-8-15(14)13-16/h14-16H,4-5,7-11,13H2,1-3H3. The molecule has 106 valence electrons. The van der Waals surface area contributed by atoms with Gasteiger partial charge in [0.2, 0.25) is 0 Å². The zero-order valence-corrected chi connectivity index (χ0v) is 12.8. The summed E-state index contributed by atoms with van der Waals surface area (Å²) in [7, 11) is 0. The van der Waals surface area contributed by atoms with Crippen molar-refractivity contribution >= 4 is 5.78 Å². The van der Waals surface area contributed by atoms with Crippen LogP contribution < -0.4 is 0 Å². The molecule has 0 bridgehead atoms. The van der Waals surface area contributed by atoms with Crippen LogP contribution in [-0.2, 0) is 4.79 Å². The Balaban J connectivity index is 1.84. The molecule has 19 heavy (non-hydrogen) atoms. The number of fused-ring (bicyclic) bond motifs is 1. The second kappa shape index (κ2) is 6.12. The first-order valence-electron chi connectivity index (χ1n) is 7.98. The van der Waals surface area contributed by atoms with Crippen molar-refractivity contribution < 1.29 is 4.79 Å². The SMILES string of the molecule is CC(C)(C)C#CCC(=O)C1CCC2CCCCC2C1. The van der Waals surface area contributed by atoms with E-state index in [-0.39, 0.29) is 5.41 Å². The molecule has 2 fully saturated rings. The normalized spacial score (nSPS) is 31.0. The molecule has 1 nitrogen and oxygen atoms in total. The van der Waals surface area contributed by atoms with Gasteiger partial charge in [-0.15, -0.1) is 0 Å². The van der Waals surface area contributed by atoms with Gasteiger partial charge in [0.05, 0.1) is 6.42 Å². The van der Waals surface area contributed by atoms with Gasteiger partial charge in [-0.3, -0.25) is 4.79 Å². The van der Waals surface area contributed by atoms with Gasteiger partial charge >= 0.3 is 0 Å². The number of rotatable bonds is 2. The lowest BCUT2D eigenvalue weighted by atomic mass is 9.66. The van der Waals surface area contributed by atoms with E-state index in [1.807, 2.05) is 0 Å². The summed E-state index contributed by atoms with van der Waals surface area (Å²) in [6.07, 6.45) is 9.60. The third-order valence-electron chi connectivity index (χ3n) is 4.72. The Labute approximate surface area is 118 Å². The van der Waals surface area contributed by atoms with Crippen molar-refractivity contribution in [2.75, 3.05) is 0 Å². The fourth-order valence-electron chi connectivity index (χ4n) is 3.71. The average molecular weight is 260 g/mol. The van der Waals surface area contributed by atoms with Crippen molar-refractivity contribution in [1.29, 1.82) is 0 Å². The number of hydrogen-bond acceptors (Lipinski definition) is 1. The molecule has 3 atom stereocenters. The highest BCUT2D eigenvalue weighted by atomic mass is 16.1. The first-order chi connectivity index (χ1) is 8.96. The van der Waals surface area contributed by atoms with Crippen LogP contribution in [0, 0.1) is 35.0 Å². The molecule has 0 aromatic heterocycles. The van der Waals surface area contributed by atoms with E-state index >= 15 is 0 Å². The summed E-state index contributed by atoms with van der Waals surface area (Å²) < 4.78 is 0. The summed E-state index contributed by atoms with van der Waals surface area (Å²) in [5.41, 5.74) is 0.0152. The molecule has 2 aliphatic carbocycles.